The Bertz CT molecular complexity index is 1300. The fourth-order valence-electron chi connectivity index (χ4n) is 5.41. The predicted molar refractivity (Wildman–Crippen MR) is 147 cm³/mol. The molecule has 182 valence electrons. The lowest BCUT2D eigenvalue weighted by Gasteiger charge is -2.37. The largest absolute Gasteiger partial charge is 0.354 e. The molecule has 5 heteroatoms. The molecule has 0 unspecified atom stereocenters. The number of pyridine rings is 2. The molecule has 0 bridgehead atoms. The first kappa shape index (κ1) is 23.6. The minimum Gasteiger partial charge on any atom is -0.354 e. The first-order valence-corrected chi connectivity index (χ1v) is 12.9. The molecule has 5 nitrogen and oxygen atoms in total. The van der Waals surface area contributed by atoms with Gasteiger partial charge in [-0.3, -0.25) is 9.88 Å². The maximum atomic E-state index is 4.85. The van der Waals surface area contributed by atoms with E-state index in [4.69, 9.17) is 4.98 Å². The number of rotatable bonds is 5. The van der Waals surface area contributed by atoms with Crippen LogP contribution in [0.25, 0.3) is 33.3 Å². The summed E-state index contributed by atoms with van der Waals surface area (Å²) in [6.45, 7) is 17.5. The molecular weight excluding hydrogens is 430 g/mol. The maximum absolute atomic E-state index is 4.85. The summed E-state index contributed by atoms with van der Waals surface area (Å²) in [6.07, 6.45) is 2.03. The normalized spacial score (nSPS) is 15.0. The van der Waals surface area contributed by atoms with Crippen LogP contribution in [0.2, 0.25) is 0 Å². The average Bonchev–Trinajstić information content (AvgIpc) is 3.23. The first-order valence-electron chi connectivity index (χ1n) is 12.9. The van der Waals surface area contributed by atoms with Crippen molar-refractivity contribution >= 4 is 16.7 Å². The van der Waals surface area contributed by atoms with Crippen LogP contribution in [0.1, 0.15) is 50.6 Å². The molecule has 4 aromatic rings. The number of hydrogen-bond acceptors (Lipinski definition) is 4. The van der Waals surface area contributed by atoms with Gasteiger partial charge in [0.1, 0.15) is 5.82 Å². The molecule has 0 atom stereocenters. The summed E-state index contributed by atoms with van der Waals surface area (Å²) in [5.74, 6) is 1.47. The van der Waals surface area contributed by atoms with Crippen LogP contribution in [0.5, 0.6) is 0 Å². The average molecular weight is 468 g/mol. The van der Waals surface area contributed by atoms with Gasteiger partial charge in [0.25, 0.3) is 0 Å². The third-order valence-electron chi connectivity index (χ3n) is 7.24. The molecule has 3 aromatic heterocycles. The number of benzene rings is 1. The van der Waals surface area contributed by atoms with E-state index in [9.17, 15) is 0 Å². The minimum absolute atomic E-state index is 0.396. The molecule has 1 saturated heterocycles. The number of aromatic nitrogens is 3. The van der Waals surface area contributed by atoms with E-state index >= 15 is 0 Å². The fraction of sp³-hybridized carbons (Fsp3) is 0.400. The summed E-state index contributed by atoms with van der Waals surface area (Å²) in [5.41, 5.74) is 9.40. The Morgan fingerprint density at radius 3 is 2.09 bits per heavy atom. The molecule has 0 spiro atoms. The van der Waals surface area contributed by atoms with Gasteiger partial charge in [0, 0.05) is 71.8 Å². The number of aryl methyl sites for hydroxylation is 2. The van der Waals surface area contributed by atoms with Gasteiger partial charge >= 0.3 is 0 Å². The lowest BCUT2D eigenvalue weighted by molar-refractivity contribution is 0.209. The van der Waals surface area contributed by atoms with Crippen molar-refractivity contribution in [1.82, 2.24) is 19.9 Å². The first-order chi connectivity index (χ1) is 16.8. The summed E-state index contributed by atoms with van der Waals surface area (Å²) >= 11 is 0. The molecule has 0 aliphatic carbocycles. The highest BCUT2D eigenvalue weighted by Gasteiger charge is 2.20. The smallest absolute Gasteiger partial charge is 0.128 e. The van der Waals surface area contributed by atoms with Gasteiger partial charge in [0.15, 0.2) is 0 Å². The molecule has 5 rings (SSSR count). The number of piperazine rings is 1. The lowest BCUT2D eigenvalue weighted by Crippen LogP contribution is -2.49. The third-order valence-corrected chi connectivity index (χ3v) is 7.24. The summed E-state index contributed by atoms with van der Waals surface area (Å²) in [7, 11) is 0. The van der Waals surface area contributed by atoms with Gasteiger partial charge in [-0.05, 0) is 81.1 Å². The molecule has 1 aliphatic heterocycles. The van der Waals surface area contributed by atoms with Gasteiger partial charge in [-0.2, -0.15) is 0 Å². The van der Waals surface area contributed by atoms with E-state index in [0.717, 1.165) is 48.9 Å². The maximum Gasteiger partial charge on any atom is 0.128 e. The highest BCUT2D eigenvalue weighted by molar-refractivity contribution is 5.94. The highest BCUT2D eigenvalue weighted by Crippen LogP contribution is 2.37. The van der Waals surface area contributed by atoms with E-state index in [0.29, 0.717) is 12.0 Å². The van der Waals surface area contributed by atoms with Gasteiger partial charge in [0.05, 0.1) is 5.69 Å². The number of nitrogens with zero attached hydrogens (tertiary/aromatic N) is 4. The number of fused-ring (bicyclic) bond motifs is 1. The standard InChI is InChI=1S/C30H37N5/c1-19(2)29-26-17-23(7-9-27(26)33-30(29)25-15-21(5)32-22(6)16-25)24-8-10-28(31-18-24)35-13-11-34(12-14-35)20(3)4/h7-10,15-20,33H,11-14H2,1-6H3. The summed E-state index contributed by atoms with van der Waals surface area (Å²) < 4.78 is 0. The second-order valence-electron chi connectivity index (χ2n) is 10.5. The molecule has 1 fully saturated rings. The molecule has 1 aliphatic rings. The van der Waals surface area contributed by atoms with Gasteiger partial charge in [0.2, 0.25) is 0 Å². The van der Waals surface area contributed by atoms with Crippen LogP contribution < -0.4 is 4.90 Å². The van der Waals surface area contributed by atoms with Crippen molar-refractivity contribution in [3.05, 3.63) is 65.6 Å². The minimum atomic E-state index is 0.396. The van der Waals surface area contributed by atoms with Gasteiger partial charge in [-0.15, -0.1) is 0 Å². The van der Waals surface area contributed by atoms with E-state index in [1.54, 1.807) is 0 Å². The van der Waals surface area contributed by atoms with E-state index in [-0.39, 0.29) is 0 Å². The topological polar surface area (TPSA) is 48.1 Å². The second-order valence-corrected chi connectivity index (χ2v) is 10.5. The number of hydrogen-bond donors (Lipinski definition) is 1. The Hall–Kier alpha value is -3.18. The van der Waals surface area contributed by atoms with Gasteiger partial charge < -0.3 is 9.88 Å². The van der Waals surface area contributed by atoms with Crippen molar-refractivity contribution in [2.75, 3.05) is 31.1 Å². The number of H-pyrrole nitrogens is 1. The highest BCUT2D eigenvalue weighted by atomic mass is 15.3. The van der Waals surface area contributed by atoms with Crippen LogP contribution in [0.4, 0.5) is 5.82 Å². The molecule has 1 aromatic carbocycles. The molecule has 0 radical (unpaired) electrons. The molecule has 1 N–H and O–H groups in total. The zero-order valence-corrected chi connectivity index (χ0v) is 21.9. The van der Waals surface area contributed by atoms with Gasteiger partial charge in [-0.25, -0.2) is 4.98 Å². The van der Waals surface area contributed by atoms with Crippen LogP contribution in [-0.2, 0) is 0 Å². The van der Waals surface area contributed by atoms with Crippen LogP contribution in [-0.4, -0.2) is 52.1 Å². The van der Waals surface area contributed by atoms with E-state index in [2.05, 4.69) is 104 Å². The Morgan fingerprint density at radius 2 is 1.49 bits per heavy atom. The Kier molecular flexibility index (Phi) is 6.37. The fourth-order valence-corrected chi connectivity index (χ4v) is 5.41. The molecule has 0 saturated carbocycles. The molecule has 35 heavy (non-hydrogen) atoms. The number of anilines is 1. The van der Waals surface area contributed by atoms with Crippen molar-refractivity contribution < 1.29 is 0 Å². The monoisotopic (exact) mass is 467 g/mol. The zero-order chi connectivity index (χ0) is 24.7. The summed E-state index contributed by atoms with van der Waals surface area (Å²) in [4.78, 5) is 18.1. The van der Waals surface area contributed by atoms with Crippen LogP contribution >= 0.6 is 0 Å². The molecule has 4 heterocycles. The summed E-state index contributed by atoms with van der Waals surface area (Å²) in [5, 5.41) is 1.29. The Morgan fingerprint density at radius 1 is 0.800 bits per heavy atom. The SMILES string of the molecule is Cc1cc(-c2[nH]c3ccc(-c4ccc(N5CCN(C(C)C)CC5)nc4)cc3c2C(C)C)cc(C)n1. The molecular formula is C30H37N5. The number of aromatic amines is 1. The predicted octanol–water partition coefficient (Wildman–Crippen LogP) is 6.56. The van der Waals surface area contributed by atoms with Crippen LogP contribution in [0, 0.1) is 13.8 Å². The summed E-state index contributed by atoms with van der Waals surface area (Å²) in [6, 6.07) is 16.1. The van der Waals surface area contributed by atoms with Crippen molar-refractivity contribution in [3.8, 4) is 22.4 Å². The second kappa shape index (κ2) is 9.46. The van der Waals surface area contributed by atoms with E-state index < -0.39 is 0 Å². The quantitative estimate of drug-likeness (QED) is 0.361. The third kappa shape index (κ3) is 4.70. The van der Waals surface area contributed by atoms with Crippen LogP contribution in [0.3, 0.4) is 0 Å². The van der Waals surface area contributed by atoms with Crippen molar-refractivity contribution in [1.29, 1.82) is 0 Å². The number of nitrogens with one attached hydrogen (secondary N) is 1. The van der Waals surface area contributed by atoms with Crippen molar-refractivity contribution in [2.45, 2.75) is 53.5 Å². The van der Waals surface area contributed by atoms with E-state index in [1.165, 1.54) is 33.3 Å². The van der Waals surface area contributed by atoms with E-state index in [1.807, 2.05) is 6.20 Å². The molecule has 0 amide bonds. The Labute approximate surface area is 209 Å². The zero-order valence-electron chi connectivity index (χ0n) is 21.9. The van der Waals surface area contributed by atoms with Crippen molar-refractivity contribution in [3.63, 3.8) is 0 Å². The lowest BCUT2D eigenvalue weighted by atomic mass is 9.94. The van der Waals surface area contributed by atoms with Crippen molar-refractivity contribution in [2.24, 2.45) is 0 Å². The van der Waals surface area contributed by atoms with Gasteiger partial charge in [-0.1, -0.05) is 19.9 Å². The Balaban J connectivity index is 1.46. The van der Waals surface area contributed by atoms with Crippen LogP contribution in [0.15, 0.2) is 48.7 Å².